The molecule has 9 nitrogen and oxygen atoms in total. The molecule has 162 valence electrons. The molecule has 1 fully saturated rings. The fourth-order valence-corrected chi connectivity index (χ4v) is 3.87. The van der Waals surface area contributed by atoms with Gasteiger partial charge in [-0.15, -0.1) is 10.2 Å². The van der Waals surface area contributed by atoms with Gasteiger partial charge in [0.25, 0.3) is 11.6 Å². The van der Waals surface area contributed by atoms with Crippen LogP contribution in [0.1, 0.15) is 40.5 Å². The first-order valence-electron chi connectivity index (χ1n) is 9.40. The maximum absolute atomic E-state index is 13.1. The molecule has 3 heterocycles. The van der Waals surface area contributed by atoms with Crippen LogP contribution in [0.4, 0.5) is 24.5 Å². The lowest BCUT2D eigenvalue weighted by molar-refractivity contribution is -0.384. The third-order valence-corrected chi connectivity index (χ3v) is 5.34. The molecule has 1 aromatic carbocycles. The normalized spacial score (nSPS) is 17.1. The van der Waals surface area contributed by atoms with Gasteiger partial charge >= 0.3 is 6.18 Å². The smallest absolute Gasteiger partial charge is 0.370 e. The molecule has 0 aliphatic carbocycles. The second kappa shape index (κ2) is 7.52. The van der Waals surface area contributed by atoms with Crippen molar-refractivity contribution in [1.29, 1.82) is 0 Å². The number of rotatable bonds is 4. The van der Waals surface area contributed by atoms with Gasteiger partial charge in [0.05, 0.1) is 21.7 Å². The molecule has 3 aromatic rings. The molecule has 1 atom stereocenters. The molecule has 0 spiro atoms. The summed E-state index contributed by atoms with van der Waals surface area (Å²) < 4.78 is 40.7. The topological polar surface area (TPSA) is 120 Å². The number of nitro groups is 1. The number of carbonyl (C=O) groups excluding carboxylic acids is 1. The van der Waals surface area contributed by atoms with E-state index in [4.69, 9.17) is 5.73 Å². The van der Waals surface area contributed by atoms with Gasteiger partial charge < -0.3 is 10.6 Å². The number of benzene rings is 1. The van der Waals surface area contributed by atoms with E-state index in [1.807, 2.05) is 4.90 Å². The van der Waals surface area contributed by atoms with E-state index in [1.165, 1.54) is 22.6 Å². The minimum Gasteiger partial charge on any atom is -0.370 e. The molecule has 2 aromatic heterocycles. The average molecular weight is 434 g/mol. The number of nitrogens with zero attached hydrogens (tertiary/aromatic N) is 5. The second-order valence-electron chi connectivity index (χ2n) is 7.31. The van der Waals surface area contributed by atoms with Crippen LogP contribution in [0.15, 0.2) is 36.5 Å². The number of anilines is 1. The van der Waals surface area contributed by atoms with Crippen LogP contribution in [0.3, 0.4) is 0 Å². The molecule has 1 amide bonds. The van der Waals surface area contributed by atoms with E-state index in [1.54, 1.807) is 0 Å². The Morgan fingerprint density at radius 3 is 2.68 bits per heavy atom. The first-order chi connectivity index (χ1) is 14.6. The number of halogens is 3. The summed E-state index contributed by atoms with van der Waals surface area (Å²) in [5.74, 6) is -0.681. The number of nitrogens with two attached hydrogens (primary N) is 1. The quantitative estimate of drug-likeness (QED) is 0.498. The summed E-state index contributed by atoms with van der Waals surface area (Å²) in [5.41, 5.74) is 5.12. The van der Waals surface area contributed by atoms with Gasteiger partial charge in [0.15, 0.2) is 5.65 Å². The van der Waals surface area contributed by atoms with Gasteiger partial charge in [0.1, 0.15) is 5.82 Å². The number of hydrogen-bond acceptors (Lipinski definition) is 6. The van der Waals surface area contributed by atoms with Crippen molar-refractivity contribution in [2.24, 2.45) is 5.73 Å². The van der Waals surface area contributed by atoms with Gasteiger partial charge in [-0.05, 0) is 31.0 Å². The minimum absolute atomic E-state index is 0.0142. The largest absolute Gasteiger partial charge is 0.417 e. The van der Waals surface area contributed by atoms with Gasteiger partial charge in [-0.25, -0.2) is 0 Å². The summed E-state index contributed by atoms with van der Waals surface area (Å²) in [4.78, 5) is 24.2. The predicted octanol–water partition coefficient (Wildman–Crippen LogP) is 3.14. The molecular weight excluding hydrogens is 417 g/mol. The van der Waals surface area contributed by atoms with Gasteiger partial charge in [0, 0.05) is 37.3 Å². The third-order valence-electron chi connectivity index (χ3n) is 5.34. The summed E-state index contributed by atoms with van der Waals surface area (Å²) in [6.07, 6.45) is -2.19. The van der Waals surface area contributed by atoms with Crippen molar-refractivity contribution in [3.63, 3.8) is 0 Å². The Labute approximate surface area is 173 Å². The summed E-state index contributed by atoms with van der Waals surface area (Å²) in [6, 6.07) is 6.10. The van der Waals surface area contributed by atoms with Gasteiger partial charge in [-0.2, -0.15) is 13.2 Å². The lowest BCUT2D eigenvalue weighted by atomic mass is 9.95. The molecular formula is C19H17F3N6O3. The van der Waals surface area contributed by atoms with E-state index in [9.17, 15) is 28.1 Å². The molecule has 31 heavy (non-hydrogen) atoms. The molecule has 4 rings (SSSR count). The number of piperidine rings is 1. The molecule has 1 unspecified atom stereocenters. The highest BCUT2D eigenvalue weighted by molar-refractivity contribution is 5.99. The summed E-state index contributed by atoms with van der Waals surface area (Å²) in [7, 11) is 0. The molecule has 1 saturated heterocycles. The Hall–Kier alpha value is -3.70. The molecule has 0 saturated carbocycles. The standard InChI is InChI=1S/C19H17F3N6O3/c20-19(21,22)12-3-6-16-24-25-18(27(16)10-12)11-2-1-7-26(9-11)15-5-4-13(28(30)31)8-14(15)17(23)29/h3-6,8,10-11H,1-2,7,9H2,(H2,23,29). The second-order valence-corrected chi connectivity index (χ2v) is 7.31. The Balaban J connectivity index is 1.69. The van der Waals surface area contributed by atoms with Crippen LogP contribution in [0, 0.1) is 10.1 Å². The van der Waals surface area contributed by atoms with Gasteiger partial charge in [0.2, 0.25) is 0 Å². The summed E-state index contributed by atoms with van der Waals surface area (Å²) in [5, 5.41) is 19.1. The maximum atomic E-state index is 13.1. The van der Waals surface area contributed by atoms with Crippen LogP contribution in [0.5, 0.6) is 0 Å². The Morgan fingerprint density at radius 2 is 2.00 bits per heavy atom. The number of pyridine rings is 1. The highest BCUT2D eigenvalue weighted by atomic mass is 19.4. The van der Waals surface area contributed by atoms with E-state index in [0.717, 1.165) is 18.3 Å². The van der Waals surface area contributed by atoms with Crippen LogP contribution < -0.4 is 10.6 Å². The molecule has 1 aliphatic rings. The van der Waals surface area contributed by atoms with Crippen LogP contribution in [-0.4, -0.2) is 38.5 Å². The van der Waals surface area contributed by atoms with Crippen molar-refractivity contribution in [3.8, 4) is 0 Å². The third kappa shape index (κ3) is 3.88. The Bertz CT molecular complexity index is 1180. The zero-order valence-corrected chi connectivity index (χ0v) is 16.0. The lowest BCUT2D eigenvalue weighted by Gasteiger charge is -2.34. The monoisotopic (exact) mass is 434 g/mol. The maximum Gasteiger partial charge on any atom is 0.417 e. The Kier molecular flexibility index (Phi) is 4.99. The van der Waals surface area contributed by atoms with Crippen LogP contribution in [-0.2, 0) is 6.18 Å². The zero-order valence-electron chi connectivity index (χ0n) is 16.0. The fraction of sp³-hybridized carbons (Fsp3) is 0.316. The molecule has 0 radical (unpaired) electrons. The number of non-ortho nitro benzene ring substituents is 1. The highest BCUT2D eigenvalue weighted by Gasteiger charge is 2.32. The van der Waals surface area contributed by atoms with Crippen molar-refractivity contribution in [3.05, 3.63) is 63.6 Å². The van der Waals surface area contributed by atoms with Crippen LogP contribution >= 0.6 is 0 Å². The number of aromatic nitrogens is 3. The van der Waals surface area contributed by atoms with E-state index < -0.39 is 22.6 Å². The number of fused-ring (bicyclic) bond motifs is 1. The SMILES string of the molecule is NC(=O)c1cc([N+](=O)[O-])ccc1N1CCCC(c2nnc3ccc(C(F)(F)F)cn23)C1. The number of amides is 1. The van der Waals surface area contributed by atoms with Crippen molar-refractivity contribution in [2.75, 3.05) is 18.0 Å². The Morgan fingerprint density at radius 1 is 1.23 bits per heavy atom. The van der Waals surface area contributed by atoms with E-state index in [0.29, 0.717) is 43.1 Å². The predicted molar refractivity (Wildman–Crippen MR) is 104 cm³/mol. The number of hydrogen-bond donors (Lipinski definition) is 1. The van der Waals surface area contributed by atoms with Crippen molar-refractivity contribution in [1.82, 2.24) is 14.6 Å². The molecule has 2 N–H and O–H groups in total. The van der Waals surface area contributed by atoms with Crippen LogP contribution in [0.25, 0.3) is 5.65 Å². The van der Waals surface area contributed by atoms with E-state index >= 15 is 0 Å². The summed E-state index contributed by atoms with van der Waals surface area (Å²) in [6.45, 7) is 0.897. The van der Waals surface area contributed by atoms with Crippen LogP contribution in [0.2, 0.25) is 0 Å². The first-order valence-corrected chi connectivity index (χ1v) is 9.40. The minimum atomic E-state index is -4.50. The average Bonchev–Trinajstić information content (AvgIpc) is 3.16. The van der Waals surface area contributed by atoms with Crippen molar-refractivity contribution >= 4 is 22.9 Å². The number of carbonyl (C=O) groups is 1. The first kappa shape index (κ1) is 20.6. The molecule has 1 aliphatic heterocycles. The molecule has 12 heteroatoms. The fourth-order valence-electron chi connectivity index (χ4n) is 3.87. The highest BCUT2D eigenvalue weighted by Crippen LogP contribution is 2.34. The zero-order chi connectivity index (χ0) is 22.3. The van der Waals surface area contributed by atoms with E-state index in [-0.39, 0.29) is 17.2 Å². The van der Waals surface area contributed by atoms with Crippen molar-refractivity contribution in [2.45, 2.75) is 24.9 Å². The summed E-state index contributed by atoms with van der Waals surface area (Å²) >= 11 is 0. The lowest BCUT2D eigenvalue weighted by Crippen LogP contribution is -2.36. The number of nitro benzene ring substituents is 1. The molecule has 0 bridgehead atoms. The number of primary amides is 1. The van der Waals surface area contributed by atoms with Gasteiger partial charge in [-0.1, -0.05) is 0 Å². The van der Waals surface area contributed by atoms with E-state index in [2.05, 4.69) is 10.2 Å². The van der Waals surface area contributed by atoms with Crippen molar-refractivity contribution < 1.29 is 22.9 Å². The number of alkyl halides is 3. The van der Waals surface area contributed by atoms with Gasteiger partial charge in [-0.3, -0.25) is 19.3 Å².